The van der Waals surface area contributed by atoms with Gasteiger partial charge in [0.2, 0.25) is 5.89 Å². The van der Waals surface area contributed by atoms with E-state index in [2.05, 4.69) is 25.8 Å². The van der Waals surface area contributed by atoms with Gasteiger partial charge in [-0.1, -0.05) is 10.4 Å². The number of aromatic nitrogens is 5. The summed E-state index contributed by atoms with van der Waals surface area (Å²) in [6, 6.07) is 0. The van der Waals surface area contributed by atoms with Gasteiger partial charge in [-0.15, -0.1) is 5.10 Å². The molecule has 11 nitrogen and oxygen atoms in total. The van der Waals surface area contributed by atoms with Crippen LogP contribution in [-0.2, 0) is 22.4 Å². The number of hydrogen-bond donors (Lipinski definition) is 1. The maximum Gasteiger partial charge on any atom is 0.407 e. The maximum absolute atomic E-state index is 11.8. The Labute approximate surface area is 143 Å². The van der Waals surface area contributed by atoms with Gasteiger partial charge in [-0.25, -0.2) is 14.3 Å². The first-order valence-electron chi connectivity index (χ1n) is 7.53. The van der Waals surface area contributed by atoms with Gasteiger partial charge in [0.1, 0.15) is 12.1 Å². The first-order valence-corrected chi connectivity index (χ1v) is 7.53. The van der Waals surface area contributed by atoms with E-state index in [1.165, 1.54) is 18.1 Å². The molecular formula is C14H20N6O5. The van der Waals surface area contributed by atoms with Gasteiger partial charge in [0, 0.05) is 13.0 Å². The zero-order valence-electron chi connectivity index (χ0n) is 14.5. The molecule has 0 aliphatic rings. The fourth-order valence-corrected chi connectivity index (χ4v) is 1.95. The van der Waals surface area contributed by atoms with Gasteiger partial charge in [0.15, 0.2) is 12.0 Å². The van der Waals surface area contributed by atoms with E-state index in [-0.39, 0.29) is 25.2 Å². The lowest BCUT2D eigenvalue weighted by Crippen LogP contribution is -2.34. The summed E-state index contributed by atoms with van der Waals surface area (Å²) in [5, 5.41) is 13.9. The van der Waals surface area contributed by atoms with Crippen LogP contribution in [0.15, 0.2) is 10.9 Å². The molecule has 0 saturated heterocycles. The zero-order chi connectivity index (χ0) is 18.4. The minimum Gasteiger partial charge on any atom is -0.464 e. The van der Waals surface area contributed by atoms with Crippen molar-refractivity contribution < 1.29 is 23.6 Å². The highest BCUT2D eigenvalue weighted by atomic mass is 16.6. The predicted molar refractivity (Wildman–Crippen MR) is 82.7 cm³/mol. The summed E-state index contributed by atoms with van der Waals surface area (Å²) in [6.45, 7) is 5.67. The maximum atomic E-state index is 11.8. The van der Waals surface area contributed by atoms with Crippen LogP contribution in [0.4, 0.5) is 4.79 Å². The highest BCUT2D eigenvalue weighted by Gasteiger charge is 2.22. The third-order valence-electron chi connectivity index (χ3n) is 2.94. The van der Waals surface area contributed by atoms with Gasteiger partial charge >= 0.3 is 12.1 Å². The Kier molecular flexibility index (Phi) is 5.67. The van der Waals surface area contributed by atoms with Crippen molar-refractivity contribution in [1.29, 1.82) is 0 Å². The van der Waals surface area contributed by atoms with Crippen LogP contribution >= 0.6 is 0 Å². The molecule has 0 aliphatic carbocycles. The van der Waals surface area contributed by atoms with Crippen LogP contribution in [0.2, 0.25) is 0 Å². The van der Waals surface area contributed by atoms with E-state index in [1.807, 2.05) is 0 Å². The molecule has 2 aromatic heterocycles. The second kappa shape index (κ2) is 7.73. The number of amides is 1. The molecule has 0 atom stereocenters. The second-order valence-electron chi connectivity index (χ2n) is 6.05. The van der Waals surface area contributed by atoms with Gasteiger partial charge in [-0.2, -0.15) is 4.98 Å². The van der Waals surface area contributed by atoms with E-state index >= 15 is 0 Å². The number of hydrogen-bond acceptors (Lipinski definition) is 9. The lowest BCUT2D eigenvalue weighted by molar-refractivity contribution is 0.0528. The summed E-state index contributed by atoms with van der Waals surface area (Å²) in [5.41, 5.74) is -0.0585. The summed E-state index contributed by atoms with van der Waals surface area (Å²) >= 11 is 0. The van der Waals surface area contributed by atoms with Crippen molar-refractivity contribution in [1.82, 2.24) is 30.5 Å². The smallest absolute Gasteiger partial charge is 0.407 e. The lowest BCUT2D eigenvalue weighted by atomic mass is 10.2. The molecule has 0 aromatic carbocycles. The monoisotopic (exact) mass is 352 g/mol. The van der Waals surface area contributed by atoms with E-state index in [9.17, 15) is 9.59 Å². The largest absolute Gasteiger partial charge is 0.464 e. The van der Waals surface area contributed by atoms with E-state index in [1.54, 1.807) is 20.8 Å². The molecule has 11 heteroatoms. The van der Waals surface area contributed by atoms with Gasteiger partial charge in [-0.3, -0.25) is 0 Å². The Morgan fingerprint density at radius 3 is 2.72 bits per heavy atom. The molecule has 0 radical (unpaired) electrons. The minimum atomic E-state index is -0.621. The summed E-state index contributed by atoms with van der Waals surface area (Å²) in [6.07, 6.45) is 0.991. The lowest BCUT2D eigenvalue weighted by Gasteiger charge is -2.19. The molecule has 2 rings (SSSR count). The third-order valence-corrected chi connectivity index (χ3v) is 2.94. The average molecular weight is 352 g/mol. The van der Waals surface area contributed by atoms with Crippen molar-refractivity contribution >= 4 is 12.1 Å². The van der Waals surface area contributed by atoms with E-state index in [4.69, 9.17) is 14.0 Å². The Bertz CT molecular complexity index is 719. The molecule has 0 aliphatic heterocycles. The SMILES string of the molecule is COC(=O)c1nnn(Cc2ncno2)c1CCNC(=O)OC(C)(C)C. The Hall–Kier alpha value is -2.98. The molecule has 2 heterocycles. The number of esters is 1. The third kappa shape index (κ3) is 5.26. The van der Waals surface area contributed by atoms with Crippen molar-refractivity contribution in [3.8, 4) is 0 Å². The minimum absolute atomic E-state index is 0.0630. The number of methoxy groups -OCH3 is 1. The number of nitrogens with zero attached hydrogens (tertiary/aromatic N) is 5. The van der Waals surface area contributed by atoms with Gasteiger partial charge in [0.25, 0.3) is 0 Å². The summed E-state index contributed by atoms with van der Waals surface area (Å²) in [4.78, 5) is 27.4. The van der Waals surface area contributed by atoms with Gasteiger partial charge < -0.3 is 19.3 Å². The first kappa shape index (κ1) is 18.4. The van der Waals surface area contributed by atoms with E-state index in [0.717, 1.165) is 0 Å². The van der Waals surface area contributed by atoms with Crippen molar-refractivity contribution in [2.75, 3.05) is 13.7 Å². The standard InChI is InChI=1S/C14H20N6O5/c1-14(2,3)24-13(22)15-6-5-9-11(12(21)23-4)18-19-20(9)7-10-16-8-17-25-10/h8H,5-7H2,1-4H3,(H,15,22). The second-order valence-corrected chi connectivity index (χ2v) is 6.05. The van der Waals surface area contributed by atoms with Crippen LogP contribution in [0.3, 0.4) is 0 Å². The Balaban J connectivity index is 2.07. The number of carbonyl (C=O) groups excluding carboxylic acids is 2. The van der Waals surface area contributed by atoms with Crippen molar-refractivity contribution in [2.24, 2.45) is 0 Å². The summed E-state index contributed by atoms with van der Waals surface area (Å²) in [5.74, 6) is -0.313. The van der Waals surface area contributed by atoms with Crippen LogP contribution < -0.4 is 5.32 Å². The molecule has 2 aromatic rings. The molecule has 1 amide bonds. The normalized spacial score (nSPS) is 11.2. The summed E-state index contributed by atoms with van der Waals surface area (Å²) < 4.78 is 16.2. The van der Waals surface area contributed by atoms with Crippen molar-refractivity contribution in [3.05, 3.63) is 23.6 Å². The van der Waals surface area contributed by atoms with Crippen LogP contribution in [0.5, 0.6) is 0 Å². The molecule has 0 bridgehead atoms. The van der Waals surface area contributed by atoms with Crippen LogP contribution in [0, 0.1) is 0 Å². The van der Waals surface area contributed by atoms with Crippen molar-refractivity contribution in [3.63, 3.8) is 0 Å². The number of rotatable bonds is 6. The number of nitrogens with one attached hydrogen (secondary N) is 1. The van der Waals surface area contributed by atoms with Crippen molar-refractivity contribution in [2.45, 2.75) is 39.3 Å². The van der Waals surface area contributed by atoms with Gasteiger partial charge in [-0.05, 0) is 20.8 Å². The van der Waals surface area contributed by atoms with Crippen LogP contribution in [0.25, 0.3) is 0 Å². The van der Waals surface area contributed by atoms with Gasteiger partial charge in [0.05, 0.1) is 12.8 Å². The predicted octanol–water partition coefficient (Wildman–Crippen LogP) is 0.563. The molecule has 1 N–H and O–H groups in total. The molecule has 0 unspecified atom stereocenters. The molecule has 0 saturated carbocycles. The molecule has 25 heavy (non-hydrogen) atoms. The molecule has 0 fully saturated rings. The fourth-order valence-electron chi connectivity index (χ4n) is 1.95. The van der Waals surface area contributed by atoms with Crippen LogP contribution in [0.1, 0.15) is 42.8 Å². The first-order chi connectivity index (χ1) is 11.8. The zero-order valence-corrected chi connectivity index (χ0v) is 14.5. The molecule has 0 spiro atoms. The topological polar surface area (TPSA) is 134 Å². The Morgan fingerprint density at radius 1 is 1.36 bits per heavy atom. The molecule has 136 valence electrons. The molecular weight excluding hydrogens is 332 g/mol. The number of carbonyl (C=O) groups is 2. The number of alkyl carbamates (subject to hydrolysis) is 1. The highest BCUT2D eigenvalue weighted by molar-refractivity contribution is 5.88. The van der Waals surface area contributed by atoms with E-state index < -0.39 is 17.7 Å². The fraction of sp³-hybridized carbons (Fsp3) is 0.571. The van der Waals surface area contributed by atoms with E-state index in [0.29, 0.717) is 11.6 Å². The Morgan fingerprint density at radius 2 is 2.12 bits per heavy atom. The van der Waals surface area contributed by atoms with Crippen LogP contribution in [-0.4, -0.2) is 56.5 Å². The number of ether oxygens (including phenoxy) is 2. The summed E-state index contributed by atoms with van der Waals surface area (Å²) in [7, 11) is 1.25. The quantitative estimate of drug-likeness (QED) is 0.740. The average Bonchev–Trinajstić information content (AvgIpc) is 3.16. The highest BCUT2D eigenvalue weighted by Crippen LogP contribution is 2.10.